The van der Waals surface area contributed by atoms with Crippen LogP contribution in [-0.4, -0.2) is 26.8 Å². The SMILES string of the molecule is CCCC(C)(CNCCOC)Cc1ccc(Cl)s1. The van der Waals surface area contributed by atoms with Gasteiger partial charge in [-0.1, -0.05) is 31.9 Å². The van der Waals surface area contributed by atoms with Gasteiger partial charge in [0.2, 0.25) is 0 Å². The van der Waals surface area contributed by atoms with Crippen molar-refractivity contribution in [2.24, 2.45) is 5.41 Å². The van der Waals surface area contributed by atoms with E-state index in [0.717, 1.165) is 30.5 Å². The molecule has 0 fully saturated rings. The standard InChI is InChI=1S/C14H24ClNOS/c1-4-7-14(2,11-16-8-9-17-3)10-12-5-6-13(15)18-12/h5-6,16H,4,7-11H2,1-3H3. The van der Waals surface area contributed by atoms with Gasteiger partial charge in [0.05, 0.1) is 10.9 Å². The van der Waals surface area contributed by atoms with Crippen molar-refractivity contribution in [1.29, 1.82) is 0 Å². The largest absolute Gasteiger partial charge is 0.383 e. The summed E-state index contributed by atoms with van der Waals surface area (Å²) < 4.78 is 5.95. The Bertz CT molecular complexity index is 342. The summed E-state index contributed by atoms with van der Waals surface area (Å²) in [7, 11) is 1.74. The van der Waals surface area contributed by atoms with Crippen LogP contribution in [0.1, 0.15) is 31.6 Å². The molecular formula is C14H24ClNOS. The highest BCUT2D eigenvalue weighted by Crippen LogP contribution is 2.32. The number of nitrogens with one attached hydrogen (secondary N) is 1. The minimum Gasteiger partial charge on any atom is -0.383 e. The van der Waals surface area contributed by atoms with E-state index in [1.165, 1.54) is 17.7 Å². The normalized spacial score (nSPS) is 14.7. The zero-order valence-corrected chi connectivity index (χ0v) is 13.2. The average Bonchev–Trinajstić information content (AvgIpc) is 2.70. The summed E-state index contributed by atoms with van der Waals surface area (Å²) in [6.45, 7) is 7.31. The fourth-order valence-corrected chi connectivity index (χ4v) is 3.58. The van der Waals surface area contributed by atoms with Crippen LogP contribution in [0.4, 0.5) is 0 Å². The molecule has 0 radical (unpaired) electrons. The number of ether oxygens (including phenoxy) is 1. The van der Waals surface area contributed by atoms with E-state index in [-0.39, 0.29) is 0 Å². The van der Waals surface area contributed by atoms with Crippen LogP contribution in [0.15, 0.2) is 12.1 Å². The van der Waals surface area contributed by atoms with Crippen molar-refractivity contribution < 1.29 is 4.74 Å². The van der Waals surface area contributed by atoms with Crippen molar-refractivity contribution in [3.8, 4) is 0 Å². The zero-order valence-electron chi connectivity index (χ0n) is 11.6. The van der Waals surface area contributed by atoms with E-state index < -0.39 is 0 Å². The lowest BCUT2D eigenvalue weighted by molar-refractivity contribution is 0.190. The molecule has 1 N–H and O–H groups in total. The van der Waals surface area contributed by atoms with Crippen molar-refractivity contribution >= 4 is 22.9 Å². The lowest BCUT2D eigenvalue weighted by atomic mass is 9.81. The van der Waals surface area contributed by atoms with Gasteiger partial charge in [-0.2, -0.15) is 0 Å². The maximum atomic E-state index is 6.00. The highest BCUT2D eigenvalue weighted by molar-refractivity contribution is 7.16. The predicted molar refractivity (Wildman–Crippen MR) is 80.8 cm³/mol. The number of methoxy groups -OCH3 is 1. The summed E-state index contributed by atoms with van der Waals surface area (Å²) in [5.41, 5.74) is 0.302. The third-order valence-corrected chi connectivity index (χ3v) is 4.35. The first-order chi connectivity index (χ1) is 8.59. The summed E-state index contributed by atoms with van der Waals surface area (Å²) in [4.78, 5) is 1.38. The average molecular weight is 290 g/mol. The summed E-state index contributed by atoms with van der Waals surface area (Å²) >= 11 is 7.70. The van der Waals surface area contributed by atoms with E-state index in [0.29, 0.717) is 5.41 Å². The van der Waals surface area contributed by atoms with Gasteiger partial charge in [-0.25, -0.2) is 0 Å². The topological polar surface area (TPSA) is 21.3 Å². The first-order valence-electron chi connectivity index (χ1n) is 6.53. The molecule has 1 aromatic heterocycles. The quantitative estimate of drug-likeness (QED) is 0.694. The third-order valence-electron chi connectivity index (χ3n) is 3.12. The Kier molecular flexibility index (Phi) is 7.23. The monoisotopic (exact) mass is 289 g/mol. The second-order valence-electron chi connectivity index (χ2n) is 5.11. The fraction of sp³-hybridized carbons (Fsp3) is 0.714. The van der Waals surface area contributed by atoms with E-state index in [2.05, 4.69) is 25.2 Å². The van der Waals surface area contributed by atoms with Crippen LogP contribution in [0, 0.1) is 5.41 Å². The van der Waals surface area contributed by atoms with Crippen molar-refractivity contribution in [2.75, 3.05) is 26.8 Å². The van der Waals surface area contributed by atoms with Crippen LogP contribution in [-0.2, 0) is 11.2 Å². The second-order valence-corrected chi connectivity index (χ2v) is 6.91. The number of thiophene rings is 1. The van der Waals surface area contributed by atoms with Crippen LogP contribution in [0.25, 0.3) is 0 Å². The van der Waals surface area contributed by atoms with Crippen molar-refractivity contribution in [2.45, 2.75) is 33.1 Å². The Morgan fingerprint density at radius 3 is 2.78 bits per heavy atom. The number of hydrogen-bond acceptors (Lipinski definition) is 3. The Balaban J connectivity index is 2.50. The van der Waals surface area contributed by atoms with Crippen LogP contribution in [0.3, 0.4) is 0 Å². The molecule has 0 saturated carbocycles. The van der Waals surface area contributed by atoms with Gasteiger partial charge in [0.15, 0.2) is 0 Å². The number of rotatable bonds is 9. The predicted octanol–water partition coefficient (Wildman–Crippen LogP) is 3.99. The third kappa shape index (κ3) is 5.70. The Labute approximate surface area is 120 Å². The van der Waals surface area contributed by atoms with E-state index in [1.807, 2.05) is 6.07 Å². The molecule has 0 aliphatic rings. The smallest absolute Gasteiger partial charge is 0.0931 e. The molecule has 0 aliphatic heterocycles. The van der Waals surface area contributed by atoms with Crippen LogP contribution < -0.4 is 5.32 Å². The van der Waals surface area contributed by atoms with Gasteiger partial charge in [0.1, 0.15) is 0 Å². The summed E-state index contributed by atoms with van der Waals surface area (Å²) in [6.07, 6.45) is 3.53. The molecule has 1 unspecified atom stereocenters. The highest BCUT2D eigenvalue weighted by Gasteiger charge is 2.24. The van der Waals surface area contributed by atoms with E-state index in [1.54, 1.807) is 18.4 Å². The minimum absolute atomic E-state index is 0.302. The zero-order chi connectivity index (χ0) is 13.4. The first-order valence-corrected chi connectivity index (χ1v) is 7.73. The lowest BCUT2D eigenvalue weighted by Gasteiger charge is -2.29. The molecule has 0 amide bonds. The van der Waals surface area contributed by atoms with E-state index in [4.69, 9.17) is 16.3 Å². The Morgan fingerprint density at radius 1 is 1.44 bits per heavy atom. The molecule has 4 heteroatoms. The second kappa shape index (κ2) is 8.16. The molecule has 0 saturated heterocycles. The molecular weight excluding hydrogens is 266 g/mol. The number of halogens is 1. The van der Waals surface area contributed by atoms with Crippen LogP contribution in [0.2, 0.25) is 4.34 Å². The molecule has 18 heavy (non-hydrogen) atoms. The van der Waals surface area contributed by atoms with Crippen LogP contribution in [0.5, 0.6) is 0 Å². The van der Waals surface area contributed by atoms with Crippen molar-refractivity contribution in [3.05, 3.63) is 21.3 Å². The molecule has 104 valence electrons. The molecule has 1 heterocycles. The Morgan fingerprint density at radius 2 is 2.22 bits per heavy atom. The van der Waals surface area contributed by atoms with Gasteiger partial charge in [-0.3, -0.25) is 0 Å². The fourth-order valence-electron chi connectivity index (χ4n) is 2.27. The first kappa shape index (κ1) is 16.0. The molecule has 1 atom stereocenters. The summed E-state index contributed by atoms with van der Waals surface area (Å²) in [5, 5.41) is 3.49. The molecule has 1 aromatic rings. The van der Waals surface area contributed by atoms with Crippen molar-refractivity contribution in [1.82, 2.24) is 5.32 Å². The van der Waals surface area contributed by atoms with Gasteiger partial charge in [-0.05, 0) is 30.4 Å². The van der Waals surface area contributed by atoms with E-state index >= 15 is 0 Å². The van der Waals surface area contributed by atoms with Gasteiger partial charge in [0.25, 0.3) is 0 Å². The molecule has 1 rings (SSSR count). The number of hydrogen-bond donors (Lipinski definition) is 1. The molecule has 2 nitrogen and oxygen atoms in total. The summed E-state index contributed by atoms with van der Waals surface area (Å²) in [6, 6.07) is 4.14. The minimum atomic E-state index is 0.302. The summed E-state index contributed by atoms with van der Waals surface area (Å²) in [5.74, 6) is 0. The van der Waals surface area contributed by atoms with E-state index in [9.17, 15) is 0 Å². The lowest BCUT2D eigenvalue weighted by Crippen LogP contribution is -2.35. The molecule has 0 spiro atoms. The van der Waals surface area contributed by atoms with Gasteiger partial charge in [0, 0.05) is 25.1 Å². The van der Waals surface area contributed by atoms with Crippen LogP contribution >= 0.6 is 22.9 Å². The Hall–Kier alpha value is -0.0900. The highest BCUT2D eigenvalue weighted by atomic mass is 35.5. The molecule has 0 aliphatic carbocycles. The maximum absolute atomic E-state index is 6.00. The van der Waals surface area contributed by atoms with Gasteiger partial charge < -0.3 is 10.1 Å². The van der Waals surface area contributed by atoms with Gasteiger partial charge >= 0.3 is 0 Å². The molecule has 0 aromatic carbocycles. The maximum Gasteiger partial charge on any atom is 0.0931 e. The van der Waals surface area contributed by atoms with Crippen molar-refractivity contribution in [3.63, 3.8) is 0 Å². The van der Waals surface area contributed by atoms with Gasteiger partial charge in [-0.15, -0.1) is 11.3 Å². The molecule has 0 bridgehead atoms.